The molecule has 9 heteroatoms. The summed E-state index contributed by atoms with van der Waals surface area (Å²) in [5.74, 6) is 2.73. The fourth-order valence-corrected chi connectivity index (χ4v) is 8.70. The Kier molecular flexibility index (Phi) is 18.9. The lowest BCUT2D eigenvalue weighted by Gasteiger charge is -2.21. The standard InChI is InChI=1S/C55H67N5O4/c1-6-8-10-16-26-44(38-40(3)39-56)55-58-54(60-64-55)52-46-28-21-19-25-43(46)32-35-50(52)62-37-23-15-13-12-14-22-36-61-49-34-31-42-24-18-20-27-45(42)51(49)53-47(29-17-11-9-7-2)48(63-59-53)33-30-41(4)57-5/h8-11,18-21,24-25,27-28,31-32,34-35,40-41,44,47-48H,6-7,12-17,22-23,26,29-30,33,36-38H2,1-4H3/b10-8+,11-9+. The number of oxime groups is 1. The number of aromatic nitrogens is 2. The van der Waals surface area contributed by atoms with E-state index in [9.17, 15) is 5.26 Å². The van der Waals surface area contributed by atoms with Crippen molar-refractivity contribution in [2.75, 3.05) is 13.2 Å². The smallest absolute Gasteiger partial charge is 0.230 e. The summed E-state index contributed by atoms with van der Waals surface area (Å²) in [5.41, 5.74) is 2.86. The number of nitrogens with zero attached hydrogens (tertiary/aromatic N) is 5. The topological polar surface area (TPSA) is 107 Å². The van der Waals surface area contributed by atoms with E-state index in [1.807, 2.05) is 32.0 Å². The molecule has 9 nitrogen and oxygen atoms in total. The van der Waals surface area contributed by atoms with Gasteiger partial charge in [-0.15, -0.1) is 0 Å². The lowest BCUT2D eigenvalue weighted by molar-refractivity contribution is 0.0519. The van der Waals surface area contributed by atoms with Gasteiger partial charge in [0.05, 0.1) is 30.6 Å². The molecular formula is C55H67N5O4. The minimum absolute atomic E-state index is 0.00181. The molecular weight excluding hydrogens is 795 g/mol. The van der Waals surface area contributed by atoms with Crippen LogP contribution in [-0.2, 0) is 4.84 Å². The number of ether oxygens (including phenoxy) is 2. The molecule has 5 atom stereocenters. The summed E-state index contributed by atoms with van der Waals surface area (Å²) >= 11 is 0. The lowest BCUT2D eigenvalue weighted by Crippen LogP contribution is -2.25. The van der Waals surface area contributed by atoms with Crippen LogP contribution in [0.2, 0.25) is 0 Å². The first-order chi connectivity index (χ1) is 31.4. The van der Waals surface area contributed by atoms with Crippen LogP contribution in [0.1, 0.15) is 141 Å². The minimum atomic E-state index is -0.112. The van der Waals surface area contributed by atoms with Crippen molar-refractivity contribution in [3.05, 3.63) is 120 Å². The van der Waals surface area contributed by atoms with Gasteiger partial charge < -0.3 is 23.7 Å². The van der Waals surface area contributed by atoms with E-state index < -0.39 is 0 Å². The molecule has 0 bridgehead atoms. The van der Waals surface area contributed by atoms with Crippen LogP contribution in [0.4, 0.5) is 0 Å². The number of fused-ring (bicyclic) bond motifs is 2. The van der Waals surface area contributed by atoms with Crippen molar-refractivity contribution in [2.24, 2.45) is 17.0 Å². The second kappa shape index (κ2) is 25.4. The molecule has 0 radical (unpaired) electrons. The monoisotopic (exact) mass is 862 g/mol. The van der Waals surface area contributed by atoms with Gasteiger partial charge in [-0.3, -0.25) is 0 Å². The maximum atomic E-state index is 9.57. The average Bonchev–Trinajstić information content (AvgIpc) is 3.98. The highest BCUT2D eigenvalue weighted by atomic mass is 16.6. The first-order valence-electron chi connectivity index (χ1n) is 23.9. The van der Waals surface area contributed by atoms with Crippen LogP contribution in [0.3, 0.4) is 0 Å². The van der Waals surface area contributed by atoms with Crippen LogP contribution in [0.15, 0.2) is 107 Å². The van der Waals surface area contributed by atoms with Crippen molar-refractivity contribution >= 4 is 27.3 Å². The molecule has 64 heavy (non-hydrogen) atoms. The van der Waals surface area contributed by atoms with Crippen molar-refractivity contribution in [1.29, 1.82) is 5.26 Å². The highest BCUT2D eigenvalue weighted by Crippen LogP contribution is 2.39. The average molecular weight is 862 g/mol. The molecule has 1 aromatic heterocycles. The van der Waals surface area contributed by atoms with Gasteiger partial charge in [0.15, 0.2) is 0 Å². The van der Waals surface area contributed by atoms with Crippen LogP contribution in [0, 0.1) is 29.7 Å². The fraction of sp³-hybridized carbons (Fsp3) is 0.473. The van der Waals surface area contributed by atoms with Gasteiger partial charge in [-0.05, 0) is 105 Å². The fourth-order valence-electron chi connectivity index (χ4n) is 8.70. The number of nitriles is 1. The maximum Gasteiger partial charge on any atom is 0.230 e. The number of rotatable bonds is 27. The number of hydrogen-bond acceptors (Lipinski definition) is 8. The quantitative estimate of drug-likeness (QED) is 0.0294. The predicted octanol–water partition coefficient (Wildman–Crippen LogP) is 14.8. The van der Waals surface area contributed by atoms with E-state index in [-0.39, 0.29) is 29.9 Å². The van der Waals surface area contributed by atoms with E-state index in [0.717, 1.165) is 140 Å². The highest BCUT2D eigenvalue weighted by Gasteiger charge is 2.37. The second-order valence-electron chi connectivity index (χ2n) is 17.3. The summed E-state index contributed by atoms with van der Waals surface area (Å²) in [6, 6.07) is 27.4. The van der Waals surface area contributed by atoms with E-state index >= 15 is 0 Å². The summed E-state index contributed by atoms with van der Waals surface area (Å²) in [4.78, 5) is 14.8. The zero-order valence-electron chi connectivity index (χ0n) is 38.5. The van der Waals surface area contributed by atoms with Crippen LogP contribution >= 0.6 is 0 Å². The van der Waals surface area contributed by atoms with Crippen LogP contribution in [0.5, 0.6) is 11.5 Å². The minimum Gasteiger partial charge on any atom is -0.493 e. The summed E-state index contributed by atoms with van der Waals surface area (Å²) < 4.78 is 19.0. The Morgan fingerprint density at radius 1 is 0.750 bits per heavy atom. The third kappa shape index (κ3) is 13.1. The molecule has 0 spiro atoms. The summed E-state index contributed by atoms with van der Waals surface area (Å²) in [6.45, 7) is 16.9. The van der Waals surface area contributed by atoms with E-state index in [1.165, 1.54) is 0 Å². The molecule has 5 aromatic rings. The van der Waals surface area contributed by atoms with Crippen molar-refractivity contribution in [3.63, 3.8) is 0 Å². The van der Waals surface area contributed by atoms with Crippen molar-refractivity contribution in [3.8, 4) is 29.0 Å². The summed E-state index contributed by atoms with van der Waals surface area (Å²) in [5, 5.41) is 23.2. The Morgan fingerprint density at radius 2 is 1.36 bits per heavy atom. The highest BCUT2D eigenvalue weighted by molar-refractivity contribution is 6.14. The number of unbranched alkanes of at least 4 members (excludes halogenated alkanes) is 5. The van der Waals surface area contributed by atoms with Crippen molar-refractivity contribution < 1.29 is 18.8 Å². The zero-order chi connectivity index (χ0) is 44.9. The molecule has 1 aliphatic heterocycles. The first-order valence-corrected chi connectivity index (χ1v) is 23.9. The summed E-state index contributed by atoms with van der Waals surface area (Å²) in [6.07, 6.45) is 23.0. The Morgan fingerprint density at radius 3 is 2.00 bits per heavy atom. The van der Waals surface area contributed by atoms with E-state index in [1.54, 1.807) is 0 Å². The molecule has 2 heterocycles. The third-order valence-corrected chi connectivity index (χ3v) is 12.3. The Hall–Kier alpha value is -5.93. The summed E-state index contributed by atoms with van der Waals surface area (Å²) in [7, 11) is 0. The van der Waals surface area contributed by atoms with Crippen molar-refractivity contribution in [1.82, 2.24) is 10.1 Å². The molecule has 0 amide bonds. The van der Waals surface area contributed by atoms with Gasteiger partial charge >= 0.3 is 0 Å². The molecule has 4 aromatic carbocycles. The predicted molar refractivity (Wildman–Crippen MR) is 260 cm³/mol. The van der Waals surface area contributed by atoms with Crippen LogP contribution < -0.4 is 9.47 Å². The Balaban J connectivity index is 1.02. The third-order valence-electron chi connectivity index (χ3n) is 12.3. The zero-order valence-corrected chi connectivity index (χ0v) is 38.5. The van der Waals surface area contributed by atoms with Gasteiger partial charge in [-0.2, -0.15) is 10.2 Å². The van der Waals surface area contributed by atoms with Gasteiger partial charge in [0, 0.05) is 36.7 Å². The van der Waals surface area contributed by atoms with Gasteiger partial charge in [-0.1, -0.05) is 135 Å². The van der Waals surface area contributed by atoms with E-state index in [0.29, 0.717) is 31.3 Å². The van der Waals surface area contributed by atoms with Gasteiger partial charge in [-0.25, -0.2) is 6.57 Å². The Bertz CT molecular complexity index is 2400. The lowest BCUT2D eigenvalue weighted by atomic mass is 9.84. The van der Waals surface area contributed by atoms with Crippen LogP contribution in [0.25, 0.3) is 37.8 Å². The SMILES string of the molecule is [C-]#[N+]C(C)CCC1ON=C(c2c(OCCCCCCCCOc3ccc4ccccc4c3-c3noc(C(CC/C=C/CC)CC(C)C#N)n3)ccc3ccccc23)C1CC/C=C/CC. The molecule has 0 aliphatic carbocycles. The number of hydrogen-bond donors (Lipinski definition) is 0. The molecule has 0 fully saturated rings. The van der Waals surface area contributed by atoms with Gasteiger partial charge in [0.2, 0.25) is 17.8 Å². The molecule has 0 saturated heterocycles. The van der Waals surface area contributed by atoms with Gasteiger partial charge in [0.25, 0.3) is 0 Å². The number of allylic oxidation sites excluding steroid dienone is 4. The molecule has 1 aliphatic rings. The second-order valence-corrected chi connectivity index (χ2v) is 17.3. The molecule has 0 saturated carbocycles. The Labute approximate surface area is 381 Å². The van der Waals surface area contributed by atoms with Gasteiger partial charge in [0.1, 0.15) is 17.6 Å². The molecule has 0 N–H and O–H groups in total. The van der Waals surface area contributed by atoms with Crippen LogP contribution in [-0.4, -0.2) is 41.2 Å². The van der Waals surface area contributed by atoms with Crippen molar-refractivity contribution in [2.45, 2.75) is 142 Å². The molecule has 5 unspecified atom stereocenters. The first kappa shape index (κ1) is 47.5. The molecule has 336 valence electrons. The molecule has 6 rings (SSSR count). The number of benzene rings is 4. The van der Waals surface area contributed by atoms with E-state index in [4.69, 9.17) is 35.5 Å². The van der Waals surface area contributed by atoms with E-state index in [2.05, 4.69) is 109 Å². The normalized spacial score (nSPS) is 16.4. The largest absolute Gasteiger partial charge is 0.493 e. The maximum absolute atomic E-state index is 9.57.